The van der Waals surface area contributed by atoms with E-state index in [0.717, 1.165) is 16.7 Å². The molecule has 33 heavy (non-hydrogen) atoms. The molecule has 0 bridgehead atoms. The first-order valence-electron chi connectivity index (χ1n) is 10.3. The van der Waals surface area contributed by atoms with Gasteiger partial charge >= 0.3 is 0 Å². The van der Waals surface area contributed by atoms with E-state index in [1.54, 1.807) is 12.1 Å². The molecule has 0 saturated heterocycles. The van der Waals surface area contributed by atoms with Crippen molar-refractivity contribution in [3.63, 3.8) is 0 Å². The van der Waals surface area contributed by atoms with E-state index in [2.05, 4.69) is 20.7 Å². The van der Waals surface area contributed by atoms with Crippen LogP contribution in [0.4, 0.5) is 0 Å². The topological polar surface area (TPSA) is 79.4 Å². The Balaban J connectivity index is 1.31. The number of carbonyl (C=O) groups is 1. The summed E-state index contributed by atoms with van der Waals surface area (Å²) in [4.78, 5) is 12.3. The normalized spacial score (nSPS) is 11.2. The number of allylic oxidation sites excluding steroid dienone is 1. The van der Waals surface area contributed by atoms with Gasteiger partial charge in [-0.25, -0.2) is 5.43 Å². The van der Waals surface area contributed by atoms with Crippen molar-refractivity contribution in [2.24, 2.45) is 5.10 Å². The molecule has 4 aromatic rings. The largest absolute Gasteiger partial charge is 0.489 e. The van der Waals surface area contributed by atoms with Gasteiger partial charge in [-0.15, -0.1) is 0 Å². The number of carbonyl (C=O) groups excluding carboxylic acids is 1. The Morgan fingerprint density at radius 3 is 2.58 bits per heavy atom. The zero-order valence-corrected chi connectivity index (χ0v) is 18.4. The first-order chi connectivity index (χ1) is 16.2. The van der Waals surface area contributed by atoms with Gasteiger partial charge in [-0.05, 0) is 48.0 Å². The van der Waals surface area contributed by atoms with Gasteiger partial charge in [0.2, 0.25) is 0 Å². The summed E-state index contributed by atoms with van der Waals surface area (Å²) in [6.45, 7) is 0.382. The zero-order valence-electron chi connectivity index (χ0n) is 17.6. The van der Waals surface area contributed by atoms with Crippen LogP contribution in [0.1, 0.15) is 21.6 Å². The van der Waals surface area contributed by atoms with Gasteiger partial charge in [-0.1, -0.05) is 66.2 Å². The fraction of sp³-hybridized carbons (Fsp3) is 0.0385. The Hall–Kier alpha value is -4.16. The summed E-state index contributed by atoms with van der Waals surface area (Å²) < 4.78 is 5.80. The minimum Gasteiger partial charge on any atom is -0.489 e. The van der Waals surface area contributed by atoms with Crippen LogP contribution in [-0.4, -0.2) is 22.3 Å². The minimum atomic E-state index is -0.377. The monoisotopic (exact) mass is 456 g/mol. The molecule has 164 valence electrons. The fourth-order valence-corrected chi connectivity index (χ4v) is 3.19. The maximum Gasteiger partial charge on any atom is 0.289 e. The highest BCUT2D eigenvalue weighted by Crippen LogP contribution is 2.23. The number of nitrogens with one attached hydrogen (secondary N) is 2. The number of amides is 1. The highest BCUT2D eigenvalue weighted by atomic mass is 35.5. The lowest BCUT2D eigenvalue weighted by Gasteiger charge is -2.08. The quantitative estimate of drug-likeness (QED) is 0.262. The summed E-state index contributed by atoms with van der Waals surface area (Å²) in [5, 5.41) is 11.6. The second-order valence-corrected chi connectivity index (χ2v) is 7.47. The average Bonchev–Trinajstić information content (AvgIpc) is 3.35. The first-order valence-corrected chi connectivity index (χ1v) is 10.6. The number of hydrogen-bond donors (Lipinski definition) is 2. The molecule has 1 amide bonds. The number of aromatic nitrogens is 2. The Morgan fingerprint density at radius 2 is 1.79 bits per heavy atom. The lowest BCUT2D eigenvalue weighted by molar-refractivity contribution is 0.0950. The summed E-state index contributed by atoms with van der Waals surface area (Å²) in [6.07, 6.45) is 5.17. The van der Waals surface area contributed by atoms with Crippen LogP contribution in [0.15, 0.2) is 96.1 Å². The van der Waals surface area contributed by atoms with Crippen molar-refractivity contribution in [2.75, 3.05) is 0 Å². The summed E-state index contributed by atoms with van der Waals surface area (Å²) in [6, 6.07) is 26.5. The van der Waals surface area contributed by atoms with E-state index in [9.17, 15) is 4.79 Å². The molecule has 0 aliphatic carbocycles. The maximum atomic E-state index is 12.3. The van der Waals surface area contributed by atoms with E-state index in [4.69, 9.17) is 16.3 Å². The highest BCUT2D eigenvalue weighted by molar-refractivity contribution is 6.31. The molecule has 3 aromatic carbocycles. The third kappa shape index (κ3) is 6.18. The number of rotatable bonds is 8. The van der Waals surface area contributed by atoms with Crippen LogP contribution >= 0.6 is 11.6 Å². The van der Waals surface area contributed by atoms with E-state index < -0.39 is 0 Å². The Morgan fingerprint density at radius 1 is 1.03 bits per heavy atom. The third-order valence-electron chi connectivity index (χ3n) is 4.74. The number of halogens is 1. The van der Waals surface area contributed by atoms with Crippen LogP contribution < -0.4 is 10.2 Å². The summed E-state index contributed by atoms with van der Waals surface area (Å²) >= 11 is 6.16. The Labute approximate surface area is 196 Å². The molecule has 1 heterocycles. The Bertz CT molecular complexity index is 1260. The van der Waals surface area contributed by atoms with Crippen molar-refractivity contribution < 1.29 is 9.53 Å². The smallest absolute Gasteiger partial charge is 0.289 e. The molecule has 0 spiro atoms. The van der Waals surface area contributed by atoms with Gasteiger partial charge in [-0.3, -0.25) is 9.89 Å². The van der Waals surface area contributed by atoms with Crippen molar-refractivity contribution in [3.8, 4) is 17.0 Å². The van der Waals surface area contributed by atoms with Crippen LogP contribution in [0.2, 0.25) is 5.02 Å². The molecule has 6 nitrogen and oxygen atoms in total. The van der Waals surface area contributed by atoms with Gasteiger partial charge in [0.25, 0.3) is 5.91 Å². The van der Waals surface area contributed by atoms with Gasteiger partial charge in [0, 0.05) is 22.4 Å². The maximum absolute atomic E-state index is 12.3. The SMILES string of the molecule is O=C(N/N=C/C=C/c1ccccc1)c1cc(-c2ccc(OCc3ccccc3Cl)cc2)n[nH]1. The van der Waals surface area contributed by atoms with Crippen molar-refractivity contribution in [2.45, 2.75) is 6.61 Å². The Kier molecular flexibility index (Phi) is 7.30. The van der Waals surface area contributed by atoms with Crippen LogP contribution in [0.3, 0.4) is 0 Å². The number of benzene rings is 3. The number of nitrogens with zero attached hydrogens (tertiary/aromatic N) is 2. The van der Waals surface area contributed by atoms with Crippen molar-refractivity contribution >= 4 is 29.8 Å². The molecular weight excluding hydrogens is 436 g/mol. The first kappa shape index (κ1) is 22.0. The molecule has 0 saturated carbocycles. The second kappa shape index (κ2) is 10.9. The molecule has 7 heteroatoms. The van der Waals surface area contributed by atoms with Crippen molar-refractivity contribution in [1.29, 1.82) is 0 Å². The summed E-state index contributed by atoms with van der Waals surface area (Å²) in [5.74, 6) is 0.336. The van der Waals surface area contributed by atoms with Gasteiger partial charge in [0.05, 0.1) is 5.69 Å². The fourth-order valence-electron chi connectivity index (χ4n) is 3.00. The zero-order chi connectivity index (χ0) is 22.9. The highest BCUT2D eigenvalue weighted by Gasteiger charge is 2.10. The predicted molar refractivity (Wildman–Crippen MR) is 131 cm³/mol. The minimum absolute atomic E-state index is 0.313. The van der Waals surface area contributed by atoms with E-state index >= 15 is 0 Å². The van der Waals surface area contributed by atoms with Crippen LogP contribution in [-0.2, 0) is 6.61 Å². The number of H-pyrrole nitrogens is 1. The molecule has 0 aliphatic heterocycles. The molecule has 0 fully saturated rings. The van der Waals surface area contributed by atoms with Gasteiger partial charge in [0.1, 0.15) is 18.1 Å². The molecule has 0 aliphatic rings. The van der Waals surface area contributed by atoms with E-state index in [1.807, 2.05) is 84.9 Å². The molecule has 0 unspecified atom stereocenters. The number of aromatic amines is 1. The van der Waals surface area contributed by atoms with Gasteiger partial charge < -0.3 is 4.74 Å². The van der Waals surface area contributed by atoms with Crippen LogP contribution in [0, 0.1) is 0 Å². The predicted octanol–water partition coefficient (Wildman–Crippen LogP) is 5.74. The van der Waals surface area contributed by atoms with E-state index in [0.29, 0.717) is 28.8 Å². The molecule has 1 aromatic heterocycles. The molecule has 0 radical (unpaired) electrons. The lowest BCUT2D eigenvalue weighted by atomic mass is 10.1. The van der Waals surface area contributed by atoms with Crippen molar-refractivity contribution in [1.82, 2.24) is 15.6 Å². The van der Waals surface area contributed by atoms with Crippen molar-refractivity contribution in [3.05, 3.63) is 113 Å². The van der Waals surface area contributed by atoms with Gasteiger partial charge in [0.15, 0.2) is 0 Å². The lowest BCUT2D eigenvalue weighted by Crippen LogP contribution is -2.17. The average molecular weight is 457 g/mol. The van der Waals surface area contributed by atoms with E-state index in [-0.39, 0.29) is 5.91 Å². The summed E-state index contributed by atoms with van der Waals surface area (Å²) in [7, 11) is 0. The molecule has 2 N–H and O–H groups in total. The number of ether oxygens (including phenoxy) is 1. The molecule has 0 atom stereocenters. The van der Waals surface area contributed by atoms with Crippen LogP contribution in [0.25, 0.3) is 17.3 Å². The third-order valence-corrected chi connectivity index (χ3v) is 5.11. The summed E-state index contributed by atoms with van der Waals surface area (Å²) in [5.41, 5.74) is 6.25. The molecule has 4 rings (SSSR count). The van der Waals surface area contributed by atoms with E-state index in [1.165, 1.54) is 6.21 Å². The van der Waals surface area contributed by atoms with Crippen LogP contribution in [0.5, 0.6) is 5.75 Å². The second-order valence-electron chi connectivity index (χ2n) is 7.06. The molecular formula is C26H21ClN4O2. The van der Waals surface area contributed by atoms with Gasteiger partial charge in [-0.2, -0.15) is 10.2 Å². The number of hydrogen-bond acceptors (Lipinski definition) is 4. The standard InChI is InChI=1S/C26H21ClN4O2/c27-23-11-5-4-10-21(23)18-33-22-14-12-20(13-15-22)24-17-25(30-29-24)26(32)31-28-16-6-9-19-7-2-1-3-8-19/h1-17H,18H2,(H,29,30)(H,31,32)/b9-6+,28-16+. The number of hydrazone groups is 1.